The van der Waals surface area contributed by atoms with Gasteiger partial charge in [0.05, 0.1) is 16.7 Å². The second-order valence-corrected chi connectivity index (χ2v) is 15.1. The molecule has 0 radical (unpaired) electrons. The normalized spacial score (nSPS) is 11.6. The zero-order valence-corrected chi connectivity index (χ0v) is 31.0. The molecule has 11 aromatic rings. The van der Waals surface area contributed by atoms with E-state index in [2.05, 4.69) is 162 Å². The summed E-state index contributed by atoms with van der Waals surface area (Å²) in [6.07, 6.45) is 0. The first-order valence-electron chi connectivity index (χ1n) is 18.8. The average molecular weight is 733 g/mol. The molecule has 0 bridgehead atoms. The van der Waals surface area contributed by atoms with Crippen molar-refractivity contribution in [2.24, 2.45) is 0 Å². The molecule has 0 saturated heterocycles. The van der Waals surface area contributed by atoms with E-state index in [1.54, 1.807) is 0 Å². The van der Waals surface area contributed by atoms with Crippen LogP contribution in [0.5, 0.6) is 0 Å². The quantitative estimate of drug-likeness (QED) is 0.171. The van der Waals surface area contributed by atoms with Crippen LogP contribution < -0.4 is 0 Å². The van der Waals surface area contributed by atoms with Gasteiger partial charge in [-0.05, 0) is 58.7 Å². The molecule has 0 aliphatic heterocycles. The molecule has 0 saturated carbocycles. The molecule has 262 valence electrons. The largest absolute Gasteiger partial charge is 0.308 e. The standard InChI is InChI=1S/C51H32N4S/c1-4-15-33(16-5-1)36-27-29-40-39-21-10-12-24-43(39)55(45(40)32-36)44-30-28-37(38-23-14-26-47-48(38)41-22-11-13-25-46(41)56-47)31-42(44)51-53-49(34-17-6-2-7-18-34)52-50(54-51)35-19-8-3-9-20-35/h1-32H. The predicted molar refractivity (Wildman–Crippen MR) is 234 cm³/mol. The molecule has 0 fully saturated rings. The fourth-order valence-electron chi connectivity index (χ4n) is 8.06. The van der Waals surface area contributed by atoms with Gasteiger partial charge < -0.3 is 4.57 Å². The number of fused-ring (bicyclic) bond motifs is 6. The Balaban J connectivity index is 1.24. The van der Waals surface area contributed by atoms with Crippen molar-refractivity contribution < 1.29 is 0 Å². The summed E-state index contributed by atoms with van der Waals surface area (Å²) in [6.45, 7) is 0. The minimum atomic E-state index is 0.613. The first kappa shape index (κ1) is 32.2. The van der Waals surface area contributed by atoms with E-state index in [4.69, 9.17) is 15.0 Å². The van der Waals surface area contributed by atoms with Crippen LogP contribution in [0.2, 0.25) is 0 Å². The van der Waals surface area contributed by atoms with Crippen LogP contribution in [0.25, 0.3) is 104 Å². The van der Waals surface area contributed by atoms with E-state index in [0.717, 1.165) is 44.5 Å². The third-order valence-electron chi connectivity index (χ3n) is 10.7. The lowest BCUT2D eigenvalue weighted by Crippen LogP contribution is -2.04. The Morgan fingerprint density at radius 2 is 0.911 bits per heavy atom. The smallest absolute Gasteiger partial charge is 0.166 e. The van der Waals surface area contributed by atoms with Crippen molar-refractivity contribution >= 4 is 53.3 Å². The van der Waals surface area contributed by atoms with Gasteiger partial charge in [-0.25, -0.2) is 15.0 Å². The van der Waals surface area contributed by atoms with Gasteiger partial charge in [-0.15, -0.1) is 11.3 Å². The van der Waals surface area contributed by atoms with Crippen LogP contribution in [0.4, 0.5) is 0 Å². The molecule has 0 aliphatic carbocycles. The van der Waals surface area contributed by atoms with Crippen molar-refractivity contribution in [3.05, 3.63) is 194 Å². The molecule has 4 nitrogen and oxygen atoms in total. The van der Waals surface area contributed by atoms with Gasteiger partial charge in [0.1, 0.15) is 0 Å². The molecular formula is C51H32N4S. The summed E-state index contributed by atoms with van der Waals surface area (Å²) >= 11 is 1.84. The molecule has 0 aliphatic rings. The molecule has 0 N–H and O–H groups in total. The van der Waals surface area contributed by atoms with Crippen LogP contribution in [0.3, 0.4) is 0 Å². The summed E-state index contributed by atoms with van der Waals surface area (Å²) in [5, 5.41) is 4.91. The minimum Gasteiger partial charge on any atom is -0.308 e. The zero-order valence-electron chi connectivity index (χ0n) is 30.2. The van der Waals surface area contributed by atoms with Crippen LogP contribution in [0.15, 0.2) is 194 Å². The number of nitrogens with zero attached hydrogens (tertiary/aromatic N) is 4. The highest BCUT2D eigenvalue weighted by atomic mass is 32.1. The van der Waals surface area contributed by atoms with Crippen molar-refractivity contribution in [2.45, 2.75) is 0 Å². The van der Waals surface area contributed by atoms with E-state index in [0.29, 0.717) is 17.5 Å². The summed E-state index contributed by atoms with van der Waals surface area (Å²) < 4.78 is 4.94. The highest BCUT2D eigenvalue weighted by molar-refractivity contribution is 7.25. The van der Waals surface area contributed by atoms with Gasteiger partial charge in [-0.2, -0.15) is 0 Å². The number of aromatic nitrogens is 4. The van der Waals surface area contributed by atoms with Gasteiger partial charge in [-0.1, -0.05) is 158 Å². The second kappa shape index (κ2) is 13.3. The number of thiophene rings is 1. The molecule has 3 aromatic heterocycles. The number of hydrogen-bond donors (Lipinski definition) is 0. The predicted octanol–water partition coefficient (Wildman–Crippen LogP) is 13.7. The van der Waals surface area contributed by atoms with Gasteiger partial charge in [0.15, 0.2) is 17.5 Å². The van der Waals surface area contributed by atoms with Crippen molar-refractivity contribution in [3.8, 4) is 62.1 Å². The lowest BCUT2D eigenvalue weighted by atomic mass is 9.96. The van der Waals surface area contributed by atoms with Crippen molar-refractivity contribution in [1.29, 1.82) is 0 Å². The van der Waals surface area contributed by atoms with E-state index in [9.17, 15) is 0 Å². The highest BCUT2D eigenvalue weighted by Crippen LogP contribution is 2.43. The van der Waals surface area contributed by atoms with E-state index < -0.39 is 0 Å². The van der Waals surface area contributed by atoms with Crippen LogP contribution in [-0.4, -0.2) is 19.5 Å². The third kappa shape index (κ3) is 5.40. The van der Waals surface area contributed by atoms with E-state index in [-0.39, 0.29) is 0 Å². The topological polar surface area (TPSA) is 43.6 Å². The van der Waals surface area contributed by atoms with E-state index in [1.807, 2.05) is 47.7 Å². The molecule has 11 rings (SSSR count). The first-order valence-corrected chi connectivity index (χ1v) is 19.6. The third-order valence-corrected chi connectivity index (χ3v) is 11.8. The Labute approximate surface area is 327 Å². The maximum Gasteiger partial charge on any atom is 0.166 e. The summed E-state index contributed by atoms with van der Waals surface area (Å²) in [5.41, 5.74) is 10.6. The molecule has 0 unspecified atom stereocenters. The zero-order chi connectivity index (χ0) is 37.0. The van der Waals surface area contributed by atoms with Crippen LogP contribution in [0.1, 0.15) is 0 Å². The lowest BCUT2D eigenvalue weighted by molar-refractivity contribution is 1.06. The first-order chi connectivity index (χ1) is 27.8. The van der Waals surface area contributed by atoms with Crippen molar-refractivity contribution in [1.82, 2.24) is 19.5 Å². The Morgan fingerprint density at radius 3 is 1.64 bits per heavy atom. The summed E-state index contributed by atoms with van der Waals surface area (Å²) in [5.74, 6) is 1.87. The van der Waals surface area contributed by atoms with Crippen LogP contribution >= 0.6 is 11.3 Å². The number of rotatable bonds is 6. The summed E-state index contributed by atoms with van der Waals surface area (Å²) in [4.78, 5) is 15.7. The molecule has 8 aromatic carbocycles. The highest BCUT2D eigenvalue weighted by Gasteiger charge is 2.21. The fourth-order valence-corrected chi connectivity index (χ4v) is 9.19. The van der Waals surface area contributed by atoms with Crippen molar-refractivity contribution in [2.75, 3.05) is 0 Å². The summed E-state index contributed by atoms with van der Waals surface area (Å²) in [7, 11) is 0. The van der Waals surface area contributed by atoms with Crippen LogP contribution in [0, 0.1) is 0 Å². The molecule has 3 heterocycles. The fraction of sp³-hybridized carbons (Fsp3) is 0. The molecule has 5 heteroatoms. The number of hydrogen-bond acceptors (Lipinski definition) is 4. The monoisotopic (exact) mass is 732 g/mol. The van der Waals surface area contributed by atoms with E-state index >= 15 is 0 Å². The van der Waals surface area contributed by atoms with Gasteiger partial charge in [0, 0.05) is 47.6 Å². The molecular weight excluding hydrogens is 701 g/mol. The maximum absolute atomic E-state index is 5.30. The van der Waals surface area contributed by atoms with Gasteiger partial charge >= 0.3 is 0 Å². The van der Waals surface area contributed by atoms with Crippen molar-refractivity contribution in [3.63, 3.8) is 0 Å². The van der Waals surface area contributed by atoms with E-state index in [1.165, 1.54) is 42.1 Å². The Kier molecular flexibility index (Phi) is 7.64. The SMILES string of the molecule is c1ccc(-c2ccc3c4ccccc4n(-c4ccc(-c5cccc6sc7ccccc7c56)cc4-c4nc(-c5ccccc5)nc(-c5ccccc5)n4)c3c2)cc1. The number of para-hydroxylation sites is 1. The molecule has 0 spiro atoms. The number of benzene rings is 8. The van der Waals surface area contributed by atoms with Gasteiger partial charge in [-0.3, -0.25) is 0 Å². The molecule has 0 atom stereocenters. The van der Waals surface area contributed by atoms with Gasteiger partial charge in [0.2, 0.25) is 0 Å². The van der Waals surface area contributed by atoms with Gasteiger partial charge in [0.25, 0.3) is 0 Å². The minimum absolute atomic E-state index is 0.613. The summed E-state index contributed by atoms with van der Waals surface area (Å²) in [6, 6.07) is 68.6. The van der Waals surface area contributed by atoms with Crippen LogP contribution in [-0.2, 0) is 0 Å². The second-order valence-electron chi connectivity index (χ2n) is 14.0. The Morgan fingerprint density at radius 1 is 0.339 bits per heavy atom. The lowest BCUT2D eigenvalue weighted by Gasteiger charge is -2.17. The molecule has 0 amide bonds. The Bertz CT molecular complexity index is 3180. The Hall–Kier alpha value is -7.21. The average Bonchev–Trinajstić information content (AvgIpc) is 3.82. The maximum atomic E-state index is 5.30. The molecule has 56 heavy (non-hydrogen) atoms.